The van der Waals surface area contributed by atoms with Gasteiger partial charge in [-0.25, -0.2) is 0 Å². The van der Waals surface area contributed by atoms with Gasteiger partial charge >= 0.3 is 11.8 Å². The largest absolute Gasteiger partial charge is 0.348 e. The van der Waals surface area contributed by atoms with Crippen LogP contribution < -0.4 is 10.6 Å². The first-order chi connectivity index (χ1) is 9.20. The summed E-state index contributed by atoms with van der Waals surface area (Å²) in [5.74, 6) is 0.0842. The van der Waals surface area contributed by atoms with Crippen molar-refractivity contribution in [2.75, 3.05) is 6.54 Å². The van der Waals surface area contributed by atoms with Crippen LogP contribution in [0.25, 0.3) is 0 Å². The number of amides is 2. The predicted molar refractivity (Wildman–Crippen MR) is 81.2 cm³/mol. The van der Waals surface area contributed by atoms with Gasteiger partial charge in [-0.05, 0) is 42.9 Å². The van der Waals surface area contributed by atoms with E-state index in [1.807, 2.05) is 13.8 Å². The van der Waals surface area contributed by atoms with Gasteiger partial charge in [0, 0.05) is 12.6 Å². The van der Waals surface area contributed by atoms with E-state index in [1.165, 1.54) is 0 Å². The first-order valence-electron chi connectivity index (χ1n) is 7.79. The zero-order valence-corrected chi connectivity index (χ0v) is 13.6. The topological polar surface area (TPSA) is 58.2 Å². The highest BCUT2D eigenvalue weighted by Gasteiger charge is 2.30. The molecular formula is C16H30N2O2. The molecule has 1 fully saturated rings. The molecule has 4 heteroatoms. The average Bonchev–Trinajstić information content (AvgIpc) is 2.35. The van der Waals surface area contributed by atoms with E-state index in [2.05, 4.69) is 31.4 Å². The summed E-state index contributed by atoms with van der Waals surface area (Å²) in [6.07, 6.45) is 4.21. The zero-order valence-electron chi connectivity index (χ0n) is 13.6. The van der Waals surface area contributed by atoms with Gasteiger partial charge < -0.3 is 10.6 Å². The lowest BCUT2D eigenvalue weighted by Crippen LogP contribution is -2.46. The van der Waals surface area contributed by atoms with E-state index in [9.17, 15) is 9.59 Å². The van der Waals surface area contributed by atoms with E-state index in [-0.39, 0.29) is 6.04 Å². The van der Waals surface area contributed by atoms with Crippen molar-refractivity contribution in [3.63, 3.8) is 0 Å². The Morgan fingerprint density at radius 3 is 2.05 bits per heavy atom. The quantitative estimate of drug-likeness (QED) is 0.781. The second-order valence-electron chi connectivity index (χ2n) is 7.49. The molecule has 1 saturated carbocycles. The summed E-state index contributed by atoms with van der Waals surface area (Å²) in [5.41, 5.74) is 0.337. The lowest BCUT2D eigenvalue weighted by atomic mass is 9.71. The van der Waals surface area contributed by atoms with Crippen molar-refractivity contribution in [2.24, 2.45) is 17.3 Å². The SMILES string of the molecule is CC(C)CNC(=O)C(=O)NC1CCC(C(C)(C)C)CC1. The summed E-state index contributed by atoms with van der Waals surface area (Å²) in [4.78, 5) is 23.4. The summed E-state index contributed by atoms with van der Waals surface area (Å²) >= 11 is 0. The molecule has 4 nitrogen and oxygen atoms in total. The number of hydrogen-bond donors (Lipinski definition) is 2. The third kappa shape index (κ3) is 5.51. The Bertz CT molecular complexity index is 337. The monoisotopic (exact) mass is 282 g/mol. The van der Waals surface area contributed by atoms with Crippen molar-refractivity contribution >= 4 is 11.8 Å². The van der Waals surface area contributed by atoms with Crippen molar-refractivity contribution in [3.05, 3.63) is 0 Å². The normalized spacial score (nSPS) is 23.5. The van der Waals surface area contributed by atoms with Crippen LogP contribution in [0.5, 0.6) is 0 Å². The van der Waals surface area contributed by atoms with Gasteiger partial charge in [-0.3, -0.25) is 9.59 Å². The summed E-state index contributed by atoms with van der Waals surface area (Å²) in [6, 6.07) is 0.158. The Balaban J connectivity index is 2.33. The minimum absolute atomic E-state index is 0.158. The molecule has 0 radical (unpaired) electrons. The fraction of sp³-hybridized carbons (Fsp3) is 0.875. The third-order valence-electron chi connectivity index (χ3n) is 4.16. The van der Waals surface area contributed by atoms with Crippen molar-refractivity contribution in [3.8, 4) is 0 Å². The molecule has 0 spiro atoms. The van der Waals surface area contributed by atoms with E-state index in [0.29, 0.717) is 23.8 Å². The highest BCUT2D eigenvalue weighted by molar-refractivity contribution is 6.35. The lowest BCUT2D eigenvalue weighted by Gasteiger charge is -2.37. The summed E-state index contributed by atoms with van der Waals surface area (Å²) in [7, 11) is 0. The Kier molecular flexibility index (Phi) is 6.03. The van der Waals surface area contributed by atoms with Gasteiger partial charge in [0.15, 0.2) is 0 Å². The van der Waals surface area contributed by atoms with Gasteiger partial charge in [-0.2, -0.15) is 0 Å². The molecule has 1 aliphatic carbocycles. The molecule has 2 amide bonds. The number of rotatable bonds is 3. The Morgan fingerprint density at radius 1 is 1.05 bits per heavy atom. The minimum Gasteiger partial charge on any atom is -0.348 e. The smallest absolute Gasteiger partial charge is 0.309 e. The van der Waals surface area contributed by atoms with E-state index < -0.39 is 11.8 Å². The van der Waals surface area contributed by atoms with Crippen LogP contribution >= 0.6 is 0 Å². The number of carbonyl (C=O) groups excluding carboxylic acids is 2. The van der Waals surface area contributed by atoms with Crippen LogP contribution in [0.15, 0.2) is 0 Å². The van der Waals surface area contributed by atoms with Crippen LogP contribution in [0.3, 0.4) is 0 Å². The predicted octanol–water partition coefficient (Wildman–Crippen LogP) is 2.48. The second kappa shape index (κ2) is 7.09. The molecule has 1 rings (SSSR count). The Labute approximate surface area is 123 Å². The molecule has 0 aliphatic heterocycles. The summed E-state index contributed by atoms with van der Waals surface area (Å²) in [6.45, 7) is 11.4. The van der Waals surface area contributed by atoms with Crippen molar-refractivity contribution < 1.29 is 9.59 Å². The van der Waals surface area contributed by atoms with Gasteiger partial charge in [0.05, 0.1) is 0 Å². The number of nitrogens with one attached hydrogen (secondary N) is 2. The van der Waals surface area contributed by atoms with Crippen molar-refractivity contribution in [2.45, 2.75) is 66.3 Å². The maximum absolute atomic E-state index is 11.8. The molecule has 0 atom stereocenters. The minimum atomic E-state index is -0.503. The second-order valence-corrected chi connectivity index (χ2v) is 7.49. The summed E-state index contributed by atoms with van der Waals surface area (Å²) < 4.78 is 0. The molecular weight excluding hydrogens is 252 g/mol. The van der Waals surface area contributed by atoms with Crippen LogP contribution in [0, 0.1) is 17.3 Å². The Hall–Kier alpha value is -1.06. The molecule has 0 aromatic carbocycles. The first-order valence-corrected chi connectivity index (χ1v) is 7.79. The van der Waals surface area contributed by atoms with E-state index in [4.69, 9.17) is 0 Å². The highest BCUT2D eigenvalue weighted by atomic mass is 16.2. The standard InChI is InChI=1S/C16H30N2O2/c1-11(2)10-17-14(19)15(20)18-13-8-6-12(7-9-13)16(3,4)5/h11-13H,6-10H2,1-5H3,(H,17,19)(H,18,20). The zero-order chi connectivity index (χ0) is 15.3. The Morgan fingerprint density at radius 2 is 1.60 bits per heavy atom. The molecule has 0 aromatic heterocycles. The molecule has 0 saturated heterocycles. The molecule has 0 bridgehead atoms. The maximum atomic E-state index is 11.8. The molecule has 1 aliphatic rings. The number of carbonyl (C=O) groups is 2. The molecule has 20 heavy (non-hydrogen) atoms. The van der Waals surface area contributed by atoms with Crippen LogP contribution in [-0.2, 0) is 9.59 Å². The van der Waals surface area contributed by atoms with E-state index in [0.717, 1.165) is 25.7 Å². The highest BCUT2D eigenvalue weighted by Crippen LogP contribution is 2.37. The molecule has 0 aromatic rings. The fourth-order valence-corrected chi connectivity index (χ4v) is 2.73. The maximum Gasteiger partial charge on any atom is 0.309 e. The van der Waals surface area contributed by atoms with E-state index in [1.54, 1.807) is 0 Å². The van der Waals surface area contributed by atoms with Gasteiger partial charge in [0.25, 0.3) is 0 Å². The van der Waals surface area contributed by atoms with Crippen LogP contribution in [0.4, 0.5) is 0 Å². The number of hydrogen-bond acceptors (Lipinski definition) is 2. The average molecular weight is 282 g/mol. The lowest BCUT2D eigenvalue weighted by molar-refractivity contribution is -0.139. The van der Waals surface area contributed by atoms with Crippen LogP contribution in [0.2, 0.25) is 0 Å². The van der Waals surface area contributed by atoms with Gasteiger partial charge in [0.1, 0.15) is 0 Å². The van der Waals surface area contributed by atoms with Crippen LogP contribution in [-0.4, -0.2) is 24.4 Å². The van der Waals surface area contributed by atoms with E-state index >= 15 is 0 Å². The molecule has 2 N–H and O–H groups in total. The van der Waals surface area contributed by atoms with Gasteiger partial charge in [0.2, 0.25) is 0 Å². The molecule has 0 unspecified atom stereocenters. The van der Waals surface area contributed by atoms with Gasteiger partial charge in [-0.1, -0.05) is 34.6 Å². The third-order valence-corrected chi connectivity index (χ3v) is 4.16. The van der Waals surface area contributed by atoms with Crippen molar-refractivity contribution in [1.29, 1.82) is 0 Å². The summed E-state index contributed by atoms with van der Waals surface area (Å²) in [5, 5.41) is 5.52. The molecule has 0 heterocycles. The van der Waals surface area contributed by atoms with Crippen LogP contribution in [0.1, 0.15) is 60.3 Å². The van der Waals surface area contributed by atoms with Crippen molar-refractivity contribution in [1.82, 2.24) is 10.6 Å². The first kappa shape index (κ1) is 17.0. The molecule has 116 valence electrons. The van der Waals surface area contributed by atoms with Gasteiger partial charge in [-0.15, -0.1) is 0 Å². The fourth-order valence-electron chi connectivity index (χ4n) is 2.73.